The van der Waals surface area contributed by atoms with Crippen molar-refractivity contribution >= 4 is 21.8 Å². The summed E-state index contributed by atoms with van der Waals surface area (Å²) in [6.07, 6.45) is 3.92. The summed E-state index contributed by atoms with van der Waals surface area (Å²) in [7, 11) is -0.771. The van der Waals surface area contributed by atoms with Crippen molar-refractivity contribution in [2.75, 3.05) is 20.8 Å². The molecule has 0 fully saturated rings. The lowest BCUT2D eigenvalue weighted by Crippen LogP contribution is -2.34. The Hall–Kier alpha value is -3.17. The van der Waals surface area contributed by atoms with Gasteiger partial charge in [0.15, 0.2) is 5.78 Å². The van der Waals surface area contributed by atoms with Crippen LogP contribution in [-0.4, -0.2) is 47.0 Å². The molecule has 0 aromatic heterocycles. The van der Waals surface area contributed by atoms with Gasteiger partial charge in [-0.15, -0.1) is 0 Å². The number of nitrogens with one attached hydrogen (secondary N) is 1. The van der Waals surface area contributed by atoms with E-state index in [9.17, 15) is 18.0 Å². The number of carbonyl (C=O) groups excluding carboxylic acids is 2. The Balaban J connectivity index is 1.83. The molecule has 182 valence electrons. The first-order chi connectivity index (χ1) is 16.2. The molecule has 9 heteroatoms. The predicted molar refractivity (Wildman–Crippen MR) is 127 cm³/mol. The van der Waals surface area contributed by atoms with Gasteiger partial charge in [-0.25, -0.2) is 13.1 Å². The molecule has 8 nitrogen and oxygen atoms in total. The van der Waals surface area contributed by atoms with E-state index in [4.69, 9.17) is 14.2 Å². The average molecular weight is 488 g/mol. The fourth-order valence-electron chi connectivity index (χ4n) is 4.04. The third-order valence-electron chi connectivity index (χ3n) is 5.73. The number of allylic oxidation sites excluding steroid dienone is 1. The first-order valence-corrected chi connectivity index (χ1v) is 12.4. The summed E-state index contributed by atoms with van der Waals surface area (Å²) in [6.45, 7) is 3.36. The third-order valence-corrected chi connectivity index (χ3v) is 7.24. The SMILES string of the molecule is CCOC(=O)C(c1cc(OC)ccc1OC)C1C=CC(NS(=O)(=O)c2ccc(C(C)=O)cc2)C1. The number of Topliss-reactive ketones (excluding diaryl/α,β-unsaturated/α-hetero) is 1. The van der Waals surface area contributed by atoms with Crippen molar-refractivity contribution in [2.45, 2.75) is 37.1 Å². The van der Waals surface area contributed by atoms with Crippen LogP contribution in [0.2, 0.25) is 0 Å². The number of carbonyl (C=O) groups is 2. The molecule has 0 saturated heterocycles. The molecule has 2 aromatic rings. The molecule has 1 N–H and O–H groups in total. The molecule has 34 heavy (non-hydrogen) atoms. The summed E-state index contributed by atoms with van der Waals surface area (Å²) < 4.78 is 44.6. The number of benzene rings is 2. The molecule has 1 aliphatic carbocycles. The molecule has 0 radical (unpaired) electrons. The molecule has 3 unspecified atom stereocenters. The molecular formula is C25H29NO7S. The van der Waals surface area contributed by atoms with Crippen molar-refractivity contribution in [3.05, 3.63) is 65.7 Å². The van der Waals surface area contributed by atoms with Gasteiger partial charge < -0.3 is 14.2 Å². The highest BCUT2D eigenvalue weighted by Crippen LogP contribution is 2.40. The van der Waals surface area contributed by atoms with Crippen LogP contribution in [0.3, 0.4) is 0 Å². The van der Waals surface area contributed by atoms with Gasteiger partial charge in [0.25, 0.3) is 0 Å². The number of methoxy groups -OCH3 is 2. The van der Waals surface area contributed by atoms with Crippen LogP contribution in [0, 0.1) is 5.92 Å². The highest BCUT2D eigenvalue weighted by Gasteiger charge is 2.37. The van der Waals surface area contributed by atoms with Crippen LogP contribution in [0.15, 0.2) is 59.5 Å². The second-order valence-corrected chi connectivity index (χ2v) is 9.64. The Morgan fingerprint density at radius 3 is 2.35 bits per heavy atom. The van der Waals surface area contributed by atoms with Gasteiger partial charge in [0.2, 0.25) is 10.0 Å². The molecule has 2 aromatic carbocycles. The van der Waals surface area contributed by atoms with Crippen LogP contribution in [0.4, 0.5) is 0 Å². The largest absolute Gasteiger partial charge is 0.497 e. The molecule has 0 saturated carbocycles. The summed E-state index contributed by atoms with van der Waals surface area (Å²) in [5, 5.41) is 0. The minimum atomic E-state index is -3.83. The van der Waals surface area contributed by atoms with E-state index in [1.165, 1.54) is 45.4 Å². The molecular weight excluding hydrogens is 458 g/mol. The van der Waals surface area contributed by atoms with Gasteiger partial charge >= 0.3 is 5.97 Å². The normalized spacial score (nSPS) is 18.4. The van der Waals surface area contributed by atoms with Crippen molar-refractivity contribution in [2.24, 2.45) is 5.92 Å². The van der Waals surface area contributed by atoms with Crippen LogP contribution in [0.5, 0.6) is 11.5 Å². The molecule has 0 heterocycles. The van der Waals surface area contributed by atoms with Crippen LogP contribution in [0.25, 0.3) is 0 Å². The number of ether oxygens (including phenoxy) is 3. The zero-order chi connectivity index (χ0) is 24.9. The molecule has 3 atom stereocenters. The number of rotatable bonds is 10. The van der Waals surface area contributed by atoms with E-state index < -0.39 is 28.0 Å². The van der Waals surface area contributed by atoms with Crippen molar-refractivity contribution in [1.82, 2.24) is 4.72 Å². The number of ketones is 1. The highest BCUT2D eigenvalue weighted by atomic mass is 32.2. The maximum absolute atomic E-state index is 13.0. The molecule has 0 amide bonds. The first kappa shape index (κ1) is 25.5. The van der Waals surface area contributed by atoms with Crippen LogP contribution < -0.4 is 14.2 Å². The molecule has 0 spiro atoms. The summed E-state index contributed by atoms with van der Waals surface area (Å²) in [4.78, 5) is 24.5. The minimum absolute atomic E-state index is 0.0609. The predicted octanol–water partition coefficient (Wildman–Crippen LogP) is 3.48. The van der Waals surface area contributed by atoms with E-state index in [2.05, 4.69) is 4.72 Å². The van der Waals surface area contributed by atoms with E-state index in [-0.39, 0.29) is 23.2 Å². The van der Waals surface area contributed by atoms with E-state index in [1.807, 2.05) is 6.08 Å². The van der Waals surface area contributed by atoms with Crippen LogP contribution in [-0.2, 0) is 19.6 Å². The fourth-order valence-corrected chi connectivity index (χ4v) is 5.25. The van der Waals surface area contributed by atoms with Gasteiger partial charge in [0.1, 0.15) is 11.5 Å². The van der Waals surface area contributed by atoms with Gasteiger partial charge in [0, 0.05) is 17.2 Å². The van der Waals surface area contributed by atoms with Gasteiger partial charge in [-0.2, -0.15) is 0 Å². The van der Waals surface area contributed by atoms with Crippen LogP contribution >= 0.6 is 0 Å². The summed E-state index contributed by atoms with van der Waals surface area (Å²) in [5.74, 6) is -0.512. The zero-order valence-electron chi connectivity index (χ0n) is 19.6. The summed E-state index contributed by atoms with van der Waals surface area (Å²) >= 11 is 0. The number of hydrogen-bond donors (Lipinski definition) is 1. The maximum Gasteiger partial charge on any atom is 0.314 e. The fraction of sp³-hybridized carbons (Fsp3) is 0.360. The van der Waals surface area contributed by atoms with Crippen molar-refractivity contribution in [3.8, 4) is 11.5 Å². The van der Waals surface area contributed by atoms with E-state index >= 15 is 0 Å². The quantitative estimate of drug-likeness (QED) is 0.311. The maximum atomic E-state index is 13.0. The lowest BCUT2D eigenvalue weighted by molar-refractivity contribution is -0.146. The Morgan fingerprint density at radius 1 is 1.06 bits per heavy atom. The lowest BCUT2D eigenvalue weighted by Gasteiger charge is -2.24. The van der Waals surface area contributed by atoms with E-state index in [0.29, 0.717) is 29.0 Å². The first-order valence-electron chi connectivity index (χ1n) is 10.9. The molecule has 0 aliphatic heterocycles. The average Bonchev–Trinajstić information content (AvgIpc) is 3.26. The Bertz CT molecular complexity index is 1170. The van der Waals surface area contributed by atoms with Crippen molar-refractivity contribution in [1.29, 1.82) is 0 Å². The molecule has 0 bridgehead atoms. The highest BCUT2D eigenvalue weighted by molar-refractivity contribution is 7.89. The molecule has 1 aliphatic rings. The van der Waals surface area contributed by atoms with Crippen molar-refractivity contribution in [3.63, 3.8) is 0 Å². The third kappa shape index (κ3) is 5.66. The lowest BCUT2D eigenvalue weighted by atomic mass is 9.84. The number of sulfonamides is 1. The number of esters is 1. The summed E-state index contributed by atoms with van der Waals surface area (Å²) in [5.41, 5.74) is 1.04. The monoisotopic (exact) mass is 487 g/mol. The van der Waals surface area contributed by atoms with E-state index in [1.54, 1.807) is 31.2 Å². The Morgan fingerprint density at radius 2 is 1.76 bits per heavy atom. The Kier molecular flexibility index (Phi) is 8.11. The number of hydrogen-bond acceptors (Lipinski definition) is 7. The smallest absolute Gasteiger partial charge is 0.314 e. The standard InChI is InChI=1S/C25H29NO7S/c1-5-33-25(28)24(22-15-20(31-3)10-13-23(22)32-4)18-6-9-19(14-18)26-34(29,30)21-11-7-17(8-12-21)16(2)27/h6-13,15,18-19,24,26H,5,14H2,1-4H3. The topological polar surface area (TPSA) is 108 Å². The molecule has 3 rings (SSSR count). The second kappa shape index (κ2) is 10.8. The van der Waals surface area contributed by atoms with Gasteiger partial charge in [0.05, 0.1) is 31.6 Å². The summed E-state index contributed by atoms with van der Waals surface area (Å²) in [6, 6.07) is 10.5. The van der Waals surface area contributed by atoms with Gasteiger partial charge in [-0.05, 0) is 56.5 Å². The zero-order valence-corrected chi connectivity index (χ0v) is 20.4. The van der Waals surface area contributed by atoms with Crippen LogP contribution in [0.1, 0.15) is 42.1 Å². The van der Waals surface area contributed by atoms with Gasteiger partial charge in [-0.1, -0.05) is 24.3 Å². The minimum Gasteiger partial charge on any atom is -0.497 e. The van der Waals surface area contributed by atoms with Gasteiger partial charge in [-0.3, -0.25) is 9.59 Å². The second-order valence-electron chi connectivity index (χ2n) is 7.93. The van der Waals surface area contributed by atoms with Crippen molar-refractivity contribution < 1.29 is 32.2 Å². The van der Waals surface area contributed by atoms with E-state index in [0.717, 1.165) is 0 Å². The Labute approximate surface area is 200 Å².